The molecule has 20 heavy (non-hydrogen) atoms. The zero-order chi connectivity index (χ0) is 14.3. The molecular formula is C16H24N2O2. The van der Waals surface area contributed by atoms with E-state index in [9.17, 15) is 9.59 Å². The van der Waals surface area contributed by atoms with Crippen LogP contribution in [0.1, 0.15) is 77.0 Å². The predicted octanol–water partition coefficient (Wildman–Crippen LogP) is 3.84. The van der Waals surface area contributed by atoms with E-state index in [0.717, 1.165) is 64.2 Å². The van der Waals surface area contributed by atoms with Gasteiger partial charge in [0.25, 0.3) is 0 Å². The van der Waals surface area contributed by atoms with Crippen molar-refractivity contribution >= 4 is 12.2 Å². The van der Waals surface area contributed by atoms with Crippen LogP contribution in [0.15, 0.2) is 9.98 Å². The van der Waals surface area contributed by atoms with E-state index in [-0.39, 0.29) is 11.1 Å². The van der Waals surface area contributed by atoms with Crippen LogP contribution in [0, 0.1) is 0 Å². The first-order chi connectivity index (χ1) is 9.74. The number of nitrogens with zero attached hydrogens (tertiary/aromatic N) is 2. The molecule has 0 heterocycles. The molecule has 0 N–H and O–H groups in total. The highest BCUT2D eigenvalue weighted by atomic mass is 16.1. The number of rotatable bonds is 5. The summed E-state index contributed by atoms with van der Waals surface area (Å²) in [5.41, 5.74) is -0.467. The van der Waals surface area contributed by atoms with Gasteiger partial charge in [0, 0.05) is 0 Å². The maximum absolute atomic E-state index is 10.8. The van der Waals surface area contributed by atoms with Gasteiger partial charge in [-0.2, -0.15) is 9.98 Å². The maximum atomic E-state index is 10.8. The molecule has 0 aromatic carbocycles. The molecule has 0 atom stereocenters. The topological polar surface area (TPSA) is 58.9 Å². The van der Waals surface area contributed by atoms with E-state index in [1.807, 2.05) is 0 Å². The largest absolute Gasteiger partial charge is 0.235 e. The fourth-order valence-corrected chi connectivity index (χ4v) is 3.91. The lowest BCUT2D eigenvalue weighted by atomic mass is 9.72. The smallest absolute Gasteiger partial charge is 0.211 e. The second-order valence-corrected chi connectivity index (χ2v) is 6.48. The van der Waals surface area contributed by atoms with Crippen LogP contribution in [-0.2, 0) is 9.59 Å². The zero-order valence-electron chi connectivity index (χ0n) is 12.2. The Morgan fingerprint density at radius 3 is 1.30 bits per heavy atom. The normalized spacial score (nSPS) is 24.2. The number of carbonyl (C=O) groups excluding carboxylic acids is 2. The van der Waals surface area contributed by atoms with Crippen LogP contribution >= 0.6 is 0 Å². The Hall–Kier alpha value is -1.24. The average molecular weight is 276 g/mol. The van der Waals surface area contributed by atoms with Crippen molar-refractivity contribution in [3.8, 4) is 0 Å². The molecule has 2 saturated carbocycles. The molecule has 110 valence electrons. The Morgan fingerprint density at radius 2 is 1.00 bits per heavy atom. The second-order valence-electron chi connectivity index (χ2n) is 6.48. The van der Waals surface area contributed by atoms with Gasteiger partial charge < -0.3 is 0 Å². The fraction of sp³-hybridized carbons (Fsp3) is 0.875. The Bertz CT molecular complexity index is 368. The Kier molecular flexibility index (Phi) is 5.28. The third-order valence-electron chi connectivity index (χ3n) is 5.19. The van der Waals surface area contributed by atoms with Crippen LogP contribution in [0.2, 0.25) is 0 Å². The van der Waals surface area contributed by atoms with Gasteiger partial charge in [-0.15, -0.1) is 0 Å². The van der Waals surface area contributed by atoms with Crippen molar-refractivity contribution in [2.75, 3.05) is 0 Å². The van der Waals surface area contributed by atoms with E-state index in [1.54, 1.807) is 12.2 Å². The molecule has 2 aliphatic rings. The molecule has 0 aromatic rings. The summed E-state index contributed by atoms with van der Waals surface area (Å²) in [6.07, 6.45) is 16.2. The molecular weight excluding hydrogens is 252 g/mol. The lowest BCUT2D eigenvalue weighted by Crippen LogP contribution is -2.36. The molecule has 0 saturated heterocycles. The van der Waals surface area contributed by atoms with E-state index in [1.165, 1.54) is 12.8 Å². The molecule has 0 bridgehead atoms. The second kappa shape index (κ2) is 6.97. The third kappa shape index (κ3) is 3.65. The summed E-state index contributed by atoms with van der Waals surface area (Å²) in [7, 11) is 0. The van der Waals surface area contributed by atoms with Crippen molar-refractivity contribution in [2.45, 2.75) is 88.1 Å². The highest BCUT2D eigenvalue weighted by Crippen LogP contribution is 2.41. The maximum Gasteiger partial charge on any atom is 0.235 e. The van der Waals surface area contributed by atoms with Crippen LogP contribution in [0.3, 0.4) is 0 Å². The van der Waals surface area contributed by atoms with Gasteiger partial charge in [0.05, 0.1) is 11.1 Å². The van der Waals surface area contributed by atoms with Gasteiger partial charge in [-0.25, -0.2) is 9.59 Å². The van der Waals surface area contributed by atoms with E-state index in [2.05, 4.69) is 9.98 Å². The van der Waals surface area contributed by atoms with Crippen LogP contribution in [0.5, 0.6) is 0 Å². The van der Waals surface area contributed by atoms with Gasteiger partial charge in [0.2, 0.25) is 12.2 Å². The van der Waals surface area contributed by atoms with Gasteiger partial charge in [-0.1, -0.05) is 38.5 Å². The summed E-state index contributed by atoms with van der Waals surface area (Å²) < 4.78 is 0. The lowest BCUT2D eigenvalue weighted by Gasteiger charge is -2.37. The molecule has 0 aliphatic heterocycles. The SMILES string of the molecule is O=C=NC1(CCC2(N=C=O)CCCCC2)CCCCC1. The number of isocyanates is 2. The average Bonchev–Trinajstić information content (AvgIpc) is 2.48. The van der Waals surface area contributed by atoms with Gasteiger partial charge >= 0.3 is 0 Å². The summed E-state index contributed by atoms with van der Waals surface area (Å²) in [6.45, 7) is 0. The molecule has 2 fully saturated rings. The first-order valence-corrected chi connectivity index (χ1v) is 7.92. The standard InChI is InChI=1S/C16H24N2O2/c19-13-17-15(7-3-1-4-8-15)11-12-16(18-14-20)9-5-2-6-10-16/h1-12H2. The van der Waals surface area contributed by atoms with Gasteiger partial charge in [0.15, 0.2) is 0 Å². The Labute approximate surface area is 120 Å². The highest BCUT2D eigenvalue weighted by molar-refractivity contribution is 5.36. The van der Waals surface area contributed by atoms with Gasteiger partial charge in [-0.05, 0) is 38.5 Å². The van der Waals surface area contributed by atoms with Crippen LogP contribution in [0.25, 0.3) is 0 Å². The van der Waals surface area contributed by atoms with E-state index < -0.39 is 0 Å². The summed E-state index contributed by atoms with van der Waals surface area (Å²) in [4.78, 5) is 29.8. The number of hydrogen-bond donors (Lipinski definition) is 0. The minimum absolute atomic E-state index is 0.233. The first kappa shape index (κ1) is 15.2. The molecule has 0 aromatic heterocycles. The highest BCUT2D eigenvalue weighted by Gasteiger charge is 2.38. The molecule has 2 aliphatic carbocycles. The van der Waals surface area contributed by atoms with E-state index >= 15 is 0 Å². The molecule has 0 unspecified atom stereocenters. The summed E-state index contributed by atoms with van der Waals surface area (Å²) in [5, 5.41) is 0. The van der Waals surface area contributed by atoms with Crippen molar-refractivity contribution in [1.82, 2.24) is 0 Å². The summed E-state index contributed by atoms with van der Waals surface area (Å²) in [6, 6.07) is 0. The van der Waals surface area contributed by atoms with Crippen LogP contribution in [-0.4, -0.2) is 23.2 Å². The zero-order valence-corrected chi connectivity index (χ0v) is 12.2. The molecule has 4 heteroatoms. The van der Waals surface area contributed by atoms with E-state index in [0.29, 0.717) is 0 Å². The van der Waals surface area contributed by atoms with Crippen LogP contribution < -0.4 is 0 Å². The van der Waals surface area contributed by atoms with Crippen molar-refractivity contribution in [3.05, 3.63) is 0 Å². The number of hydrogen-bond acceptors (Lipinski definition) is 4. The predicted molar refractivity (Wildman–Crippen MR) is 77.1 cm³/mol. The minimum Gasteiger partial charge on any atom is -0.211 e. The minimum atomic E-state index is -0.233. The van der Waals surface area contributed by atoms with Crippen molar-refractivity contribution in [2.24, 2.45) is 9.98 Å². The van der Waals surface area contributed by atoms with Crippen molar-refractivity contribution in [1.29, 1.82) is 0 Å². The van der Waals surface area contributed by atoms with Gasteiger partial charge in [-0.3, -0.25) is 0 Å². The molecule has 4 nitrogen and oxygen atoms in total. The Balaban J connectivity index is 2.06. The molecule has 2 rings (SSSR count). The molecule has 0 amide bonds. The molecule has 0 radical (unpaired) electrons. The lowest BCUT2D eigenvalue weighted by molar-refractivity contribution is 0.214. The third-order valence-corrected chi connectivity index (χ3v) is 5.19. The van der Waals surface area contributed by atoms with Crippen molar-refractivity contribution in [3.63, 3.8) is 0 Å². The summed E-state index contributed by atoms with van der Waals surface area (Å²) in [5.74, 6) is 0. The van der Waals surface area contributed by atoms with E-state index in [4.69, 9.17) is 0 Å². The summed E-state index contributed by atoms with van der Waals surface area (Å²) >= 11 is 0. The Morgan fingerprint density at radius 1 is 0.650 bits per heavy atom. The first-order valence-electron chi connectivity index (χ1n) is 7.92. The van der Waals surface area contributed by atoms with Gasteiger partial charge in [0.1, 0.15) is 0 Å². The molecule has 0 spiro atoms. The fourth-order valence-electron chi connectivity index (χ4n) is 3.91. The number of aliphatic imine (C=N–C) groups is 2. The monoisotopic (exact) mass is 276 g/mol. The quantitative estimate of drug-likeness (QED) is 0.565. The van der Waals surface area contributed by atoms with Crippen LogP contribution in [0.4, 0.5) is 0 Å². The van der Waals surface area contributed by atoms with Crippen molar-refractivity contribution < 1.29 is 9.59 Å².